The number of amides is 2. The van der Waals surface area contributed by atoms with Gasteiger partial charge in [0.1, 0.15) is 6.04 Å². The standard InChI is InChI=1S/C20H21FN4O4S/c1-25-8-7-12(9-25)18(26)22-14(10-28-2)19(27)24-20-23-15(11-30-20)13-5-4-6-16(29-3)17(13)21/h4-9,11,14H,10H2,1-3H3,(H,22,26)(H,23,24,27)/t14-/m0/s1. The number of carbonyl (C=O) groups is 2. The Labute approximate surface area is 176 Å². The maximum atomic E-state index is 14.5. The summed E-state index contributed by atoms with van der Waals surface area (Å²) in [5, 5.41) is 7.18. The highest BCUT2D eigenvalue weighted by atomic mass is 32.1. The van der Waals surface area contributed by atoms with Crippen LogP contribution in [0.5, 0.6) is 5.75 Å². The Morgan fingerprint density at radius 2 is 2.10 bits per heavy atom. The van der Waals surface area contributed by atoms with E-state index in [1.807, 2.05) is 0 Å². The number of hydrogen-bond donors (Lipinski definition) is 2. The molecule has 3 rings (SSSR count). The summed E-state index contributed by atoms with van der Waals surface area (Å²) in [6.45, 7) is -0.0207. The average molecular weight is 432 g/mol. The fourth-order valence-electron chi connectivity index (χ4n) is 2.74. The van der Waals surface area contributed by atoms with Crippen LogP contribution in [0.3, 0.4) is 0 Å². The van der Waals surface area contributed by atoms with Gasteiger partial charge in [0.05, 0.1) is 25.0 Å². The van der Waals surface area contributed by atoms with Gasteiger partial charge in [-0.15, -0.1) is 11.3 Å². The molecular formula is C20H21FN4O4S. The molecule has 10 heteroatoms. The Kier molecular flexibility index (Phi) is 6.80. The van der Waals surface area contributed by atoms with Crippen molar-refractivity contribution in [2.45, 2.75) is 6.04 Å². The Hall–Kier alpha value is -3.24. The van der Waals surface area contributed by atoms with Crippen molar-refractivity contribution in [1.29, 1.82) is 0 Å². The lowest BCUT2D eigenvalue weighted by atomic mass is 10.1. The van der Waals surface area contributed by atoms with E-state index in [2.05, 4.69) is 15.6 Å². The fourth-order valence-corrected chi connectivity index (χ4v) is 3.46. The summed E-state index contributed by atoms with van der Waals surface area (Å²) in [7, 11) is 4.61. The van der Waals surface area contributed by atoms with E-state index in [1.165, 1.54) is 20.3 Å². The van der Waals surface area contributed by atoms with Gasteiger partial charge in [-0.25, -0.2) is 9.37 Å². The van der Waals surface area contributed by atoms with Crippen molar-refractivity contribution in [3.63, 3.8) is 0 Å². The van der Waals surface area contributed by atoms with Gasteiger partial charge in [-0.1, -0.05) is 6.07 Å². The van der Waals surface area contributed by atoms with Crippen LogP contribution >= 0.6 is 11.3 Å². The second-order valence-electron chi connectivity index (χ2n) is 6.40. The van der Waals surface area contributed by atoms with Gasteiger partial charge < -0.3 is 24.7 Å². The number of ether oxygens (including phenoxy) is 2. The molecule has 0 bridgehead atoms. The molecule has 0 unspecified atom stereocenters. The van der Waals surface area contributed by atoms with Crippen molar-refractivity contribution in [2.75, 3.05) is 26.1 Å². The topological polar surface area (TPSA) is 94.5 Å². The van der Waals surface area contributed by atoms with Crippen molar-refractivity contribution in [2.24, 2.45) is 7.05 Å². The molecule has 0 fully saturated rings. The molecule has 2 N–H and O–H groups in total. The van der Waals surface area contributed by atoms with Gasteiger partial charge in [-0.2, -0.15) is 0 Å². The zero-order valence-corrected chi connectivity index (χ0v) is 17.5. The molecule has 0 aliphatic rings. The zero-order chi connectivity index (χ0) is 21.7. The van der Waals surface area contributed by atoms with Gasteiger partial charge in [0, 0.05) is 37.5 Å². The number of anilines is 1. The largest absolute Gasteiger partial charge is 0.494 e. The summed E-state index contributed by atoms with van der Waals surface area (Å²) in [5.74, 6) is -1.32. The van der Waals surface area contributed by atoms with Crippen LogP contribution in [0.2, 0.25) is 0 Å². The molecule has 0 saturated carbocycles. The normalized spacial score (nSPS) is 11.7. The smallest absolute Gasteiger partial charge is 0.253 e. The van der Waals surface area contributed by atoms with Crippen molar-refractivity contribution >= 4 is 28.3 Å². The third kappa shape index (κ3) is 4.84. The Bertz CT molecular complexity index is 1050. The van der Waals surface area contributed by atoms with Crippen LogP contribution in [-0.4, -0.2) is 48.2 Å². The maximum absolute atomic E-state index is 14.5. The van der Waals surface area contributed by atoms with E-state index < -0.39 is 23.7 Å². The molecule has 0 radical (unpaired) electrons. The van der Waals surface area contributed by atoms with Crippen LogP contribution in [0.15, 0.2) is 42.0 Å². The molecule has 0 aliphatic carbocycles. The Morgan fingerprint density at radius 3 is 2.77 bits per heavy atom. The van der Waals surface area contributed by atoms with Gasteiger partial charge in [-0.3, -0.25) is 9.59 Å². The number of thiazole rings is 1. The van der Waals surface area contributed by atoms with Gasteiger partial charge in [-0.05, 0) is 18.2 Å². The number of hydrogen-bond acceptors (Lipinski definition) is 6. The van der Waals surface area contributed by atoms with E-state index in [4.69, 9.17) is 9.47 Å². The highest BCUT2D eigenvalue weighted by molar-refractivity contribution is 7.14. The average Bonchev–Trinajstić information content (AvgIpc) is 3.37. The van der Waals surface area contributed by atoms with Gasteiger partial charge in [0.15, 0.2) is 16.7 Å². The van der Waals surface area contributed by atoms with Gasteiger partial charge >= 0.3 is 0 Å². The lowest BCUT2D eigenvalue weighted by molar-refractivity contribution is -0.119. The minimum atomic E-state index is -0.927. The summed E-state index contributed by atoms with van der Waals surface area (Å²) in [6, 6.07) is 5.46. The molecule has 3 aromatic rings. The van der Waals surface area contributed by atoms with E-state index in [0.717, 1.165) is 11.3 Å². The van der Waals surface area contributed by atoms with Crippen molar-refractivity contribution in [3.05, 3.63) is 53.4 Å². The fraction of sp³-hybridized carbons (Fsp3) is 0.250. The number of halogens is 1. The number of nitrogens with zero attached hydrogens (tertiary/aromatic N) is 2. The van der Waals surface area contributed by atoms with E-state index in [0.29, 0.717) is 11.3 Å². The first-order valence-electron chi connectivity index (χ1n) is 8.94. The molecule has 2 heterocycles. The molecule has 1 atom stereocenters. The predicted molar refractivity (Wildman–Crippen MR) is 111 cm³/mol. The maximum Gasteiger partial charge on any atom is 0.253 e. The van der Waals surface area contributed by atoms with E-state index >= 15 is 0 Å². The minimum Gasteiger partial charge on any atom is -0.494 e. The molecule has 8 nitrogen and oxygen atoms in total. The first-order valence-corrected chi connectivity index (χ1v) is 9.82. The quantitative estimate of drug-likeness (QED) is 0.571. The van der Waals surface area contributed by atoms with E-state index in [9.17, 15) is 14.0 Å². The molecule has 30 heavy (non-hydrogen) atoms. The van der Waals surface area contributed by atoms with Gasteiger partial charge in [0.2, 0.25) is 0 Å². The first-order chi connectivity index (χ1) is 14.4. The Morgan fingerprint density at radius 1 is 1.30 bits per heavy atom. The van der Waals surface area contributed by atoms with E-state index in [1.54, 1.807) is 47.6 Å². The summed E-state index contributed by atoms with van der Waals surface area (Å²) in [4.78, 5) is 29.3. The van der Waals surface area contributed by atoms with Crippen molar-refractivity contribution in [3.8, 4) is 17.0 Å². The number of benzene rings is 1. The molecule has 158 valence electrons. The van der Waals surface area contributed by atoms with Crippen LogP contribution in [0, 0.1) is 5.82 Å². The number of aromatic nitrogens is 2. The molecule has 1 aromatic carbocycles. The zero-order valence-electron chi connectivity index (χ0n) is 16.6. The summed E-state index contributed by atoms with van der Waals surface area (Å²) < 4.78 is 26.2. The van der Waals surface area contributed by atoms with Crippen LogP contribution < -0.4 is 15.4 Å². The van der Waals surface area contributed by atoms with Crippen LogP contribution in [0.4, 0.5) is 9.52 Å². The second kappa shape index (κ2) is 9.51. The third-order valence-electron chi connectivity index (χ3n) is 4.24. The van der Waals surface area contributed by atoms with Crippen molar-refractivity contribution in [1.82, 2.24) is 14.9 Å². The Balaban J connectivity index is 1.71. The molecule has 2 aromatic heterocycles. The highest BCUT2D eigenvalue weighted by Gasteiger charge is 2.23. The van der Waals surface area contributed by atoms with Gasteiger partial charge in [0.25, 0.3) is 11.8 Å². The minimum absolute atomic E-state index is 0.0207. The molecule has 0 saturated heterocycles. The summed E-state index contributed by atoms with van der Waals surface area (Å²) >= 11 is 1.14. The monoisotopic (exact) mass is 432 g/mol. The lowest BCUT2D eigenvalue weighted by Crippen LogP contribution is -2.46. The lowest BCUT2D eigenvalue weighted by Gasteiger charge is -2.16. The highest BCUT2D eigenvalue weighted by Crippen LogP contribution is 2.31. The second-order valence-corrected chi connectivity index (χ2v) is 7.25. The number of methoxy groups -OCH3 is 2. The predicted octanol–water partition coefficient (Wildman–Crippen LogP) is 2.68. The molecule has 2 amide bonds. The number of carbonyl (C=O) groups excluding carboxylic acids is 2. The SMILES string of the molecule is COC[C@H](NC(=O)c1ccn(C)c1)C(=O)Nc1nc(-c2cccc(OC)c2F)cs1. The van der Waals surface area contributed by atoms with Crippen LogP contribution in [0.25, 0.3) is 11.3 Å². The molecular weight excluding hydrogens is 411 g/mol. The number of rotatable bonds is 8. The molecule has 0 spiro atoms. The molecule has 0 aliphatic heterocycles. The number of aryl methyl sites for hydroxylation is 1. The summed E-state index contributed by atoms with van der Waals surface area (Å²) in [6.07, 6.45) is 3.38. The van der Waals surface area contributed by atoms with Crippen molar-refractivity contribution < 1.29 is 23.5 Å². The summed E-state index contributed by atoms with van der Waals surface area (Å²) in [5.41, 5.74) is 1.05. The van der Waals surface area contributed by atoms with Crippen LogP contribution in [-0.2, 0) is 16.6 Å². The van der Waals surface area contributed by atoms with E-state index in [-0.39, 0.29) is 23.1 Å². The third-order valence-corrected chi connectivity index (χ3v) is 5.00. The van der Waals surface area contributed by atoms with Crippen LogP contribution in [0.1, 0.15) is 10.4 Å². The first kappa shape index (κ1) is 21.5. The number of nitrogens with one attached hydrogen (secondary N) is 2.